The highest BCUT2D eigenvalue weighted by atomic mass is 79.9. The minimum atomic E-state index is -0.261. The Labute approximate surface area is 176 Å². The molecule has 0 radical (unpaired) electrons. The third-order valence-electron chi connectivity index (χ3n) is 5.18. The molecule has 6 heteroatoms. The van der Waals surface area contributed by atoms with Gasteiger partial charge in [0.2, 0.25) is 6.23 Å². The summed E-state index contributed by atoms with van der Waals surface area (Å²) in [6.45, 7) is 2.13. The second-order valence-corrected chi connectivity index (χ2v) is 9.19. The Morgan fingerprint density at radius 1 is 1.14 bits per heavy atom. The standard InChI is InChI=1S/C22H19BrN2O2S/c1-13-3-10-21(28-13)18-12-19-17-11-15(23)6-9-20(17)27-22(25(19)24-18)14-4-7-16(26-2)8-5-14/h3-11,19,22H,12H2,1-2H3/t19-,22-/m1/s1. The van der Waals surface area contributed by atoms with E-state index in [-0.39, 0.29) is 12.3 Å². The Balaban J connectivity index is 1.58. The van der Waals surface area contributed by atoms with Crippen molar-refractivity contribution in [3.8, 4) is 11.5 Å². The zero-order valence-corrected chi connectivity index (χ0v) is 18.0. The van der Waals surface area contributed by atoms with Gasteiger partial charge in [-0.05, 0) is 61.5 Å². The van der Waals surface area contributed by atoms with E-state index in [1.807, 2.05) is 36.4 Å². The van der Waals surface area contributed by atoms with E-state index in [1.54, 1.807) is 18.4 Å². The quantitative estimate of drug-likeness (QED) is 0.481. The lowest BCUT2D eigenvalue weighted by molar-refractivity contribution is -0.0191. The molecule has 0 aliphatic carbocycles. The van der Waals surface area contributed by atoms with Gasteiger partial charge in [0.25, 0.3) is 0 Å². The SMILES string of the molecule is COc1ccc([C@H]2Oc3ccc(Br)cc3[C@H]3CC(c4ccc(C)s4)=NN32)cc1. The van der Waals surface area contributed by atoms with Gasteiger partial charge in [0, 0.05) is 26.9 Å². The summed E-state index contributed by atoms with van der Waals surface area (Å²) in [5, 5.41) is 7.12. The van der Waals surface area contributed by atoms with Gasteiger partial charge in [-0.3, -0.25) is 0 Å². The second kappa shape index (κ2) is 6.94. The number of hydrogen-bond donors (Lipinski definition) is 0. The van der Waals surface area contributed by atoms with Crippen LogP contribution in [-0.4, -0.2) is 17.8 Å². The topological polar surface area (TPSA) is 34.1 Å². The van der Waals surface area contributed by atoms with Crippen molar-refractivity contribution in [1.82, 2.24) is 5.01 Å². The van der Waals surface area contributed by atoms with E-state index >= 15 is 0 Å². The van der Waals surface area contributed by atoms with Crippen LogP contribution < -0.4 is 9.47 Å². The number of thiophene rings is 1. The summed E-state index contributed by atoms with van der Waals surface area (Å²) < 4.78 is 12.8. The maximum Gasteiger partial charge on any atom is 0.213 e. The molecule has 0 fully saturated rings. The maximum atomic E-state index is 6.41. The van der Waals surface area contributed by atoms with Crippen LogP contribution in [-0.2, 0) is 0 Å². The van der Waals surface area contributed by atoms with Crippen LogP contribution in [0.1, 0.15) is 39.6 Å². The number of rotatable bonds is 3. The Kier molecular flexibility index (Phi) is 4.40. The number of hydrogen-bond acceptors (Lipinski definition) is 5. The Morgan fingerprint density at radius 2 is 1.96 bits per heavy atom. The average molecular weight is 455 g/mol. The first kappa shape index (κ1) is 17.8. The number of halogens is 1. The van der Waals surface area contributed by atoms with E-state index in [0.717, 1.165) is 33.7 Å². The fourth-order valence-electron chi connectivity index (χ4n) is 3.79. The fraction of sp³-hybridized carbons (Fsp3) is 0.227. The molecule has 142 valence electrons. The molecule has 0 N–H and O–H groups in total. The number of aryl methyl sites for hydroxylation is 1. The largest absolute Gasteiger partial charge is 0.497 e. The van der Waals surface area contributed by atoms with Crippen LogP contribution in [0.4, 0.5) is 0 Å². The number of ether oxygens (including phenoxy) is 2. The van der Waals surface area contributed by atoms with E-state index in [1.165, 1.54) is 15.3 Å². The van der Waals surface area contributed by atoms with E-state index < -0.39 is 0 Å². The van der Waals surface area contributed by atoms with Gasteiger partial charge < -0.3 is 9.47 Å². The smallest absolute Gasteiger partial charge is 0.213 e. The monoisotopic (exact) mass is 454 g/mol. The minimum Gasteiger partial charge on any atom is -0.497 e. The molecular formula is C22H19BrN2O2S. The summed E-state index contributed by atoms with van der Waals surface area (Å²) in [4.78, 5) is 2.53. The van der Waals surface area contributed by atoms with Gasteiger partial charge in [-0.2, -0.15) is 5.10 Å². The number of nitrogens with zero attached hydrogens (tertiary/aromatic N) is 2. The molecule has 1 aromatic heterocycles. The number of fused-ring (bicyclic) bond motifs is 3. The van der Waals surface area contributed by atoms with Crippen LogP contribution in [0.25, 0.3) is 0 Å². The maximum absolute atomic E-state index is 6.41. The van der Waals surface area contributed by atoms with E-state index in [4.69, 9.17) is 14.6 Å². The lowest BCUT2D eigenvalue weighted by Crippen LogP contribution is -2.33. The van der Waals surface area contributed by atoms with Crippen molar-refractivity contribution in [3.63, 3.8) is 0 Å². The van der Waals surface area contributed by atoms with Crippen molar-refractivity contribution in [1.29, 1.82) is 0 Å². The van der Waals surface area contributed by atoms with E-state index in [9.17, 15) is 0 Å². The molecule has 2 aliphatic rings. The van der Waals surface area contributed by atoms with Crippen LogP contribution in [0.3, 0.4) is 0 Å². The normalized spacial score (nSPS) is 20.2. The van der Waals surface area contributed by atoms with Crippen molar-refractivity contribution < 1.29 is 9.47 Å². The zero-order chi connectivity index (χ0) is 19.3. The summed E-state index contributed by atoms with van der Waals surface area (Å²) in [6, 6.07) is 18.7. The van der Waals surface area contributed by atoms with Gasteiger partial charge in [-0.1, -0.05) is 15.9 Å². The number of methoxy groups -OCH3 is 1. The molecule has 0 saturated heterocycles. The van der Waals surface area contributed by atoms with Crippen molar-refractivity contribution in [2.75, 3.05) is 7.11 Å². The van der Waals surface area contributed by atoms with Crippen LogP contribution in [0.2, 0.25) is 0 Å². The van der Waals surface area contributed by atoms with Gasteiger partial charge >= 0.3 is 0 Å². The number of hydrazone groups is 1. The summed E-state index contributed by atoms with van der Waals surface area (Å²) in [6.07, 6.45) is 0.613. The highest BCUT2D eigenvalue weighted by Crippen LogP contribution is 2.48. The highest BCUT2D eigenvalue weighted by molar-refractivity contribution is 9.10. The molecule has 3 aromatic rings. The van der Waals surface area contributed by atoms with Gasteiger partial charge in [-0.15, -0.1) is 11.3 Å². The highest BCUT2D eigenvalue weighted by Gasteiger charge is 2.41. The van der Waals surface area contributed by atoms with Crippen molar-refractivity contribution >= 4 is 33.0 Å². The third-order valence-corrected chi connectivity index (χ3v) is 6.72. The molecule has 2 aliphatic heterocycles. The second-order valence-electron chi connectivity index (χ2n) is 6.98. The molecule has 28 heavy (non-hydrogen) atoms. The molecule has 4 nitrogen and oxygen atoms in total. The van der Waals surface area contributed by atoms with Crippen LogP contribution in [0.5, 0.6) is 11.5 Å². The summed E-state index contributed by atoms with van der Waals surface area (Å²) in [5.41, 5.74) is 3.36. The van der Waals surface area contributed by atoms with Gasteiger partial charge in [0.05, 0.1) is 23.7 Å². The molecular weight excluding hydrogens is 436 g/mol. The first-order valence-corrected chi connectivity index (χ1v) is 10.8. The first-order chi connectivity index (χ1) is 13.6. The fourth-order valence-corrected chi connectivity index (χ4v) is 5.02. The van der Waals surface area contributed by atoms with Crippen molar-refractivity contribution in [3.05, 3.63) is 80.0 Å². The number of benzene rings is 2. The lowest BCUT2D eigenvalue weighted by atomic mass is 9.97. The molecule has 3 heterocycles. The van der Waals surface area contributed by atoms with E-state index in [2.05, 4.69) is 46.1 Å². The lowest BCUT2D eigenvalue weighted by Gasteiger charge is -2.38. The summed E-state index contributed by atoms with van der Waals surface area (Å²) in [5.74, 6) is 1.75. The van der Waals surface area contributed by atoms with E-state index in [0.29, 0.717) is 0 Å². The molecule has 0 bridgehead atoms. The zero-order valence-electron chi connectivity index (χ0n) is 15.6. The molecule has 2 aromatic carbocycles. The summed E-state index contributed by atoms with van der Waals surface area (Å²) in [7, 11) is 1.68. The molecule has 0 unspecified atom stereocenters. The molecule has 2 atom stereocenters. The van der Waals surface area contributed by atoms with Crippen LogP contribution >= 0.6 is 27.3 Å². The molecule has 5 rings (SSSR count). The Hall–Kier alpha value is -2.31. The van der Waals surface area contributed by atoms with Crippen molar-refractivity contribution in [2.24, 2.45) is 5.10 Å². The predicted octanol–water partition coefficient (Wildman–Crippen LogP) is 6.07. The van der Waals surface area contributed by atoms with Crippen LogP contribution in [0, 0.1) is 6.92 Å². The summed E-state index contributed by atoms with van der Waals surface area (Å²) >= 11 is 5.40. The van der Waals surface area contributed by atoms with Crippen molar-refractivity contribution in [2.45, 2.75) is 25.6 Å². The average Bonchev–Trinajstić information content (AvgIpc) is 3.34. The predicted molar refractivity (Wildman–Crippen MR) is 115 cm³/mol. The Bertz CT molecular complexity index is 1060. The molecule has 0 amide bonds. The van der Waals surface area contributed by atoms with Gasteiger partial charge in [0.15, 0.2) is 0 Å². The molecule has 0 saturated carbocycles. The third kappa shape index (κ3) is 3.01. The Morgan fingerprint density at radius 3 is 2.68 bits per heavy atom. The van der Waals surface area contributed by atoms with Gasteiger partial charge in [0.1, 0.15) is 11.5 Å². The van der Waals surface area contributed by atoms with Gasteiger partial charge in [-0.25, -0.2) is 5.01 Å². The van der Waals surface area contributed by atoms with Crippen LogP contribution in [0.15, 0.2) is 64.2 Å². The first-order valence-electron chi connectivity index (χ1n) is 9.15. The minimum absolute atomic E-state index is 0.158. The molecule has 0 spiro atoms.